The zero-order valence-electron chi connectivity index (χ0n) is 25.9. The second-order valence-electron chi connectivity index (χ2n) is 8.28. The van der Waals surface area contributed by atoms with Crippen LogP contribution in [0.3, 0.4) is 0 Å². The van der Waals surface area contributed by atoms with E-state index >= 15 is 0 Å². The molecule has 14 nitrogen and oxygen atoms in total. The van der Waals surface area contributed by atoms with Gasteiger partial charge in [0.15, 0.2) is 0 Å². The van der Waals surface area contributed by atoms with E-state index in [1.165, 1.54) is 0 Å². The van der Waals surface area contributed by atoms with E-state index in [1.807, 2.05) is 0 Å². The zero-order valence-corrected chi connectivity index (χ0v) is 25.9. The predicted octanol–water partition coefficient (Wildman–Crippen LogP) is 0.769. The van der Waals surface area contributed by atoms with Gasteiger partial charge in [-0.15, -0.1) is 0 Å². The van der Waals surface area contributed by atoms with Crippen molar-refractivity contribution in [2.45, 2.75) is 13.3 Å². The van der Waals surface area contributed by atoms with Crippen molar-refractivity contribution < 1.29 is 66.4 Å². The summed E-state index contributed by atoms with van der Waals surface area (Å²) in [5.41, 5.74) is 0. The van der Waals surface area contributed by atoms with Crippen LogP contribution in [-0.4, -0.2) is 172 Å². The molecule has 0 saturated heterocycles. The number of methoxy groups -OCH3 is 1. The molecule has 0 aliphatic heterocycles. The summed E-state index contributed by atoms with van der Waals surface area (Å²) in [7, 11) is 1.64. The summed E-state index contributed by atoms with van der Waals surface area (Å²) >= 11 is 0. The van der Waals surface area contributed by atoms with Crippen LogP contribution in [0, 0.1) is 0 Å². The van der Waals surface area contributed by atoms with Gasteiger partial charge in [0.25, 0.3) is 0 Å². The van der Waals surface area contributed by atoms with Gasteiger partial charge in [0.05, 0.1) is 165 Å². The fraction of sp³-hybridized carbons (Fsp3) is 0.964. The highest BCUT2D eigenvalue weighted by Crippen LogP contribution is 1.89. The summed E-state index contributed by atoms with van der Waals surface area (Å²) in [4.78, 5) is 11.1. The lowest BCUT2D eigenvalue weighted by Crippen LogP contribution is -2.15. The molecular formula is C28H56O14. The smallest absolute Gasteiger partial charge is 0.308 e. The Bertz CT molecular complexity index is 515. The molecule has 0 unspecified atom stereocenters. The fourth-order valence-corrected chi connectivity index (χ4v) is 2.83. The molecule has 0 spiro atoms. The maximum Gasteiger partial charge on any atom is 0.308 e. The molecule has 0 amide bonds. The summed E-state index contributed by atoms with van der Waals surface area (Å²) in [6.07, 6.45) is 0.257. The van der Waals surface area contributed by atoms with Crippen molar-refractivity contribution in [2.24, 2.45) is 0 Å². The summed E-state index contributed by atoms with van der Waals surface area (Å²) < 4.78 is 69.2. The number of carbonyl (C=O) groups excluding carboxylic acids is 1. The molecule has 0 saturated carbocycles. The second-order valence-corrected chi connectivity index (χ2v) is 8.28. The van der Waals surface area contributed by atoms with Crippen molar-refractivity contribution in [3.8, 4) is 0 Å². The maximum absolute atomic E-state index is 11.1. The number of carbonyl (C=O) groups is 1. The molecule has 0 aromatic heterocycles. The molecule has 0 heterocycles. The standard InChI is InChI=1S/C28H56O14/c1-3-42-28(29)4-5-31-8-9-33-12-13-35-16-17-37-20-21-39-24-25-41-27-26-40-23-22-38-19-18-36-15-14-34-11-10-32-7-6-30-2/h3-27H2,1-2H3. The van der Waals surface area contributed by atoms with Gasteiger partial charge in [0.2, 0.25) is 0 Å². The third-order valence-electron chi connectivity index (χ3n) is 4.91. The van der Waals surface area contributed by atoms with Crippen molar-refractivity contribution in [1.82, 2.24) is 0 Å². The highest BCUT2D eigenvalue weighted by Gasteiger charge is 2.01. The van der Waals surface area contributed by atoms with Gasteiger partial charge in [-0.1, -0.05) is 0 Å². The van der Waals surface area contributed by atoms with E-state index in [2.05, 4.69) is 0 Å². The zero-order chi connectivity index (χ0) is 30.4. The van der Waals surface area contributed by atoms with Crippen LogP contribution in [0.5, 0.6) is 0 Å². The minimum Gasteiger partial charge on any atom is -0.466 e. The Morgan fingerprint density at radius 2 is 0.571 bits per heavy atom. The third-order valence-corrected chi connectivity index (χ3v) is 4.91. The van der Waals surface area contributed by atoms with Crippen LogP contribution in [-0.2, 0) is 66.4 Å². The van der Waals surface area contributed by atoms with Gasteiger partial charge in [0.1, 0.15) is 0 Å². The SMILES string of the molecule is CCOC(=O)CCOCCOCCOCCOCCOCCOCCOCCOCCOCCOCCOCCOC. The molecular weight excluding hydrogens is 560 g/mol. The van der Waals surface area contributed by atoms with Crippen LogP contribution in [0.15, 0.2) is 0 Å². The summed E-state index contributed by atoms with van der Waals surface area (Å²) in [6.45, 7) is 13.7. The van der Waals surface area contributed by atoms with Crippen LogP contribution in [0.25, 0.3) is 0 Å². The van der Waals surface area contributed by atoms with Gasteiger partial charge in [-0.3, -0.25) is 4.79 Å². The van der Waals surface area contributed by atoms with Gasteiger partial charge in [0, 0.05) is 7.11 Å². The lowest BCUT2D eigenvalue weighted by molar-refractivity contribution is -0.144. The first-order chi connectivity index (χ1) is 20.8. The number of esters is 1. The molecule has 0 aliphatic carbocycles. The molecule has 14 heteroatoms. The van der Waals surface area contributed by atoms with Crippen molar-refractivity contribution >= 4 is 5.97 Å². The Balaban J connectivity index is 3.05. The molecule has 0 fully saturated rings. The largest absolute Gasteiger partial charge is 0.466 e. The van der Waals surface area contributed by atoms with Gasteiger partial charge < -0.3 is 61.6 Å². The van der Waals surface area contributed by atoms with E-state index < -0.39 is 0 Å². The number of hydrogen-bond donors (Lipinski definition) is 0. The van der Waals surface area contributed by atoms with Gasteiger partial charge in [-0.25, -0.2) is 0 Å². The average molecular weight is 617 g/mol. The van der Waals surface area contributed by atoms with Crippen molar-refractivity contribution in [3.05, 3.63) is 0 Å². The molecule has 0 aromatic carbocycles. The second kappa shape index (κ2) is 38.0. The quantitative estimate of drug-likeness (QED) is 0.0718. The predicted molar refractivity (Wildman–Crippen MR) is 152 cm³/mol. The first-order valence-corrected chi connectivity index (χ1v) is 14.8. The van der Waals surface area contributed by atoms with Crippen LogP contribution < -0.4 is 0 Å². The van der Waals surface area contributed by atoms with Gasteiger partial charge in [-0.2, -0.15) is 0 Å². The molecule has 0 atom stereocenters. The van der Waals surface area contributed by atoms with Crippen molar-refractivity contribution in [3.63, 3.8) is 0 Å². The lowest BCUT2D eigenvalue weighted by Gasteiger charge is -2.09. The van der Waals surface area contributed by atoms with Gasteiger partial charge in [-0.05, 0) is 6.92 Å². The lowest BCUT2D eigenvalue weighted by atomic mass is 10.5. The molecule has 252 valence electrons. The average Bonchev–Trinajstić information content (AvgIpc) is 2.99. The third kappa shape index (κ3) is 37.0. The van der Waals surface area contributed by atoms with E-state index in [0.717, 1.165) is 0 Å². The Morgan fingerprint density at radius 1 is 0.357 bits per heavy atom. The van der Waals surface area contributed by atoms with E-state index in [-0.39, 0.29) is 12.4 Å². The highest BCUT2D eigenvalue weighted by atomic mass is 16.6. The van der Waals surface area contributed by atoms with E-state index in [1.54, 1.807) is 14.0 Å². The van der Waals surface area contributed by atoms with E-state index in [0.29, 0.717) is 159 Å². The minimum atomic E-state index is -0.251. The van der Waals surface area contributed by atoms with Crippen LogP contribution in [0.1, 0.15) is 13.3 Å². The van der Waals surface area contributed by atoms with E-state index in [9.17, 15) is 4.79 Å². The number of hydrogen-bond acceptors (Lipinski definition) is 14. The van der Waals surface area contributed by atoms with E-state index in [4.69, 9.17) is 61.6 Å². The molecule has 0 rings (SSSR count). The topological polar surface area (TPSA) is 137 Å². The molecule has 42 heavy (non-hydrogen) atoms. The molecule has 0 aliphatic rings. The monoisotopic (exact) mass is 616 g/mol. The summed E-state index contributed by atoms with van der Waals surface area (Å²) in [5, 5.41) is 0. The first kappa shape index (κ1) is 41.0. The van der Waals surface area contributed by atoms with Crippen LogP contribution in [0.2, 0.25) is 0 Å². The number of rotatable bonds is 37. The van der Waals surface area contributed by atoms with Crippen molar-refractivity contribution in [1.29, 1.82) is 0 Å². The normalized spacial score (nSPS) is 11.4. The minimum absolute atomic E-state index is 0.251. The molecule has 0 aromatic rings. The maximum atomic E-state index is 11.1. The molecule has 0 N–H and O–H groups in total. The Hall–Kier alpha value is -1.01. The Kier molecular flexibility index (Phi) is 37.1. The fourth-order valence-electron chi connectivity index (χ4n) is 2.83. The van der Waals surface area contributed by atoms with Gasteiger partial charge >= 0.3 is 5.97 Å². The molecule has 0 bridgehead atoms. The van der Waals surface area contributed by atoms with Crippen LogP contribution in [0.4, 0.5) is 0 Å². The Labute approximate surface area is 251 Å². The van der Waals surface area contributed by atoms with Crippen LogP contribution >= 0.6 is 0 Å². The first-order valence-electron chi connectivity index (χ1n) is 14.8. The van der Waals surface area contributed by atoms with Crippen molar-refractivity contribution in [2.75, 3.05) is 166 Å². The number of ether oxygens (including phenoxy) is 13. The highest BCUT2D eigenvalue weighted by molar-refractivity contribution is 5.69. The molecule has 0 radical (unpaired) electrons. The Morgan fingerprint density at radius 3 is 0.786 bits per heavy atom. The summed E-state index contributed by atoms with van der Waals surface area (Å²) in [6, 6.07) is 0. The summed E-state index contributed by atoms with van der Waals surface area (Å²) in [5.74, 6) is -0.251.